The van der Waals surface area contributed by atoms with Crippen LogP contribution in [0.15, 0.2) is 60.7 Å². The summed E-state index contributed by atoms with van der Waals surface area (Å²) in [5.74, 6) is -4.69. The van der Waals surface area contributed by atoms with E-state index in [4.69, 9.17) is 0 Å². The van der Waals surface area contributed by atoms with Crippen molar-refractivity contribution in [1.29, 1.82) is 0 Å². The molecule has 27 heavy (non-hydrogen) atoms. The lowest BCUT2D eigenvalue weighted by molar-refractivity contribution is 0.102. The van der Waals surface area contributed by atoms with Crippen LogP contribution in [0.4, 0.5) is 18.3 Å². The highest BCUT2D eigenvalue weighted by Crippen LogP contribution is 2.30. The zero-order valence-electron chi connectivity index (χ0n) is 13.7. The zero-order valence-corrected chi connectivity index (χ0v) is 14.5. The number of aromatic nitrogens is 1. The quantitative estimate of drug-likeness (QED) is 0.465. The molecule has 4 aromatic rings. The largest absolute Gasteiger partial charge is 0.298 e. The molecular weight excluding hydrogens is 373 g/mol. The van der Waals surface area contributed by atoms with Crippen molar-refractivity contribution in [2.45, 2.75) is 0 Å². The third-order valence-corrected chi connectivity index (χ3v) is 4.91. The van der Waals surface area contributed by atoms with Crippen LogP contribution in [0.2, 0.25) is 0 Å². The van der Waals surface area contributed by atoms with E-state index >= 15 is 0 Å². The van der Waals surface area contributed by atoms with Gasteiger partial charge < -0.3 is 0 Å². The van der Waals surface area contributed by atoms with E-state index in [1.807, 2.05) is 42.5 Å². The van der Waals surface area contributed by atoms with Crippen LogP contribution in [0, 0.1) is 17.5 Å². The van der Waals surface area contributed by atoms with Crippen molar-refractivity contribution < 1.29 is 18.0 Å². The normalized spacial score (nSPS) is 10.9. The third kappa shape index (κ3) is 3.29. The molecule has 1 N–H and O–H groups in total. The first-order valence-corrected chi connectivity index (χ1v) is 8.75. The number of fused-ring (bicyclic) bond motifs is 1. The Morgan fingerprint density at radius 2 is 1.56 bits per heavy atom. The number of nitrogens with one attached hydrogen (secondary N) is 1. The van der Waals surface area contributed by atoms with Gasteiger partial charge in [0.15, 0.2) is 22.6 Å². The SMILES string of the molecule is O=C(Nc1nc2c(F)c(F)c(F)cc2s1)c1ccc(-c2ccccc2)cc1. The van der Waals surface area contributed by atoms with Crippen molar-refractivity contribution >= 4 is 32.6 Å². The fraction of sp³-hybridized carbons (Fsp3) is 0. The third-order valence-electron chi connectivity index (χ3n) is 4.00. The van der Waals surface area contributed by atoms with Crippen molar-refractivity contribution in [2.24, 2.45) is 0 Å². The van der Waals surface area contributed by atoms with Gasteiger partial charge in [-0.15, -0.1) is 0 Å². The Hall–Kier alpha value is -3.19. The van der Waals surface area contributed by atoms with E-state index < -0.39 is 23.4 Å². The molecule has 134 valence electrons. The number of hydrogen-bond donors (Lipinski definition) is 1. The van der Waals surface area contributed by atoms with Gasteiger partial charge in [-0.25, -0.2) is 18.2 Å². The number of thiazole rings is 1. The van der Waals surface area contributed by atoms with E-state index in [1.54, 1.807) is 12.1 Å². The van der Waals surface area contributed by atoms with E-state index in [9.17, 15) is 18.0 Å². The molecule has 0 saturated heterocycles. The molecule has 4 rings (SSSR count). The number of carbonyl (C=O) groups is 1. The molecule has 3 aromatic carbocycles. The van der Waals surface area contributed by atoms with Gasteiger partial charge in [0.05, 0.1) is 4.70 Å². The zero-order chi connectivity index (χ0) is 19.0. The molecule has 1 heterocycles. The number of hydrogen-bond acceptors (Lipinski definition) is 3. The molecule has 0 aliphatic heterocycles. The maximum atomic E-state index is 13.8. The lowest BCUT2D eigenvalue weighted by Crippen LogP contribution is -2.11. The number of halogens is 3. The summed E-state index contributed by atoms with van der Waals surface area (Å²) in [4.78, 5) is 16.2. The highest BCUT2D eigenvalue weighted by molar-refractivity contribution is 7.22. The van der Waals surface area contributed by atoms with Crippen LogP contribution in [0.1, 0.15) is 10.4 Å². The van der Waals surface area contributed by atoms with Crippen molar-refractivity contribution in [3.05, 3.63) is 83.7 Å². The van der Waals surface area contributed by atoms with Crippen molar-refractivity contribution in [1.82, 2.24) is 4.98 Å². The molecule has 0 bridgehead atoms. The fourth-order valence-corrected chi connectivity index (χ4v) is 3.52. The van der Waals surface area contributed by atoms with Crippen LogP contribution in [0.25, 0.3) is 21.3 Å². The van der Waals surface area contributed by atoms with Gasteiger partial charge in [-0.3, -0.25) is 10.1 Å². The Kier molecular flexibility index (Phi) is 4.37. The number of carbonyl (C=O) groups excluding carboxylic acids is 1. The van der Waals surface area contributed by atoms with E-state index in [2.05, 4.69) is 10.3 Å². The number of rotatable bonds is 3. The van der Waals surface area contributed by atoms with Crippen molar-refractivity contribution in [3.63, 3.8) is 0 Å². The lowest BCUT2D eigenvalue weighted by atomic mass is 10.0. The first-order valence-electron chi connectivity index (χ1n) is 7.94. The standard InChI is InChI=1S/C20H11F3N2OS/c21-14-10-15-18(17(23)16(14)22)24-20(27-15)25-19(26)13-8-6-12(7-9-13)11-4-2-1-3-5-11/h1-10H,(H,24,25,26). The number of anilines is 1. The highest BCUT2D eigenvalue weighted by atomic mass is 32.1. The monoisotopic (exact) mass is 384 g/mol. The maximum absolute atomic E-state index is 13.8. The highest BCUT2D eigenvalue weighted by Gasteiger charge is 2.18. The van der Waals surface area contributed by atoms with Gasteiger partial charge >= 0.3 is 0 Å². The van der Waals surface area contributed by atoms with E-state index in [0.29, 0.717) is 5.56 Å². The second kappa shape index (κ2) is 6.85. The summed E-state index contributed by atoms with van der Waals surface area (Å²) in [5, 5.41) is 2.59. The predicted molar refractivity (Wildman–Crippen MR) is 99.3 cm³/mol. The molecule has 7 heteroatoms. The topological polar surface area (TPSA) is 42.0 Å². The number of benzene rings is 3. The van der Waals surface area contributed by atoms with E-state index in [1.165, 1.54) is 0 Å². The molecule has 0 fully saturated rings. The summed E-state index contributed by atoms with van der Waals surface area (Å²) in [7, 11) is 0. The molecular formula is C20H11F3N2OS. The molecule has 1 aromatic heterocycles. The van der Waals surface area contributed by atoms with Crippen LogP contribution in [-0.4, -0.2) is 10.9 Å². The van der Waals surface area contributed by atoms with E-state index in [0.717, 1.165) is 28.5 Å². The number of nitrogens with zero attached hydrogens (tertiary/aromatic N) is 1. The summed E-state index contributed by atoms with van der Waals surface area (Å²) in [6.07, 6.45) is 0. The molecule has 3 nitrogen and oxygen atoms in total. The predicted octanol–water partition coefficient (Wildman–Crippen LogP) is 5.63. The Labute approximate surface area is 156 Å². The van der Waals surface area contributed by atoms with Gasteiger partial charge in [-0.1, -0.05) is 53.8 Å². The molecule has 0 saturated carbocycles. The second-order valence-electron chi connectivity index (χ2n) is 5.75. The molecule has 0 atom stereocenters. The molecule has 0 radical (unpaired) electrons. The molecule has 0 aliphatic rings. The molecule has 0 unspecified atom stereocenters. The second-order valence-corrected chi connectivity index (χ2v) is 6.78. The minimum Gasteiger partial charge on any atom is -0.298 e. The van der Waals surface area contributed by atoms with Crippen LogP contribution >= 0.6 is 11.3 Å². The van der Waals surface area contributed by atoms with E-state index in [-0.39, 0.29) is 15.3 Å². The van der Waals surface area contributed by atoms with Crippen LogP contribution in [-0.2, 0) is 0 Å². The van der Waals surface area contributed by atoms with Gasteiger partial charge in [0.2, 0.25) is 0 Å². The summed E-state index contributed by atoms with van der Waals surface area (Å²) in [5.41, 5.74) is 2.05. The minimum absolute atomic E-state index is 0.0611. The summed E-state index contributed by atoms with van der Waals surface area (Å²) in [6, 6.07) is 17.5. The average molecular weight is 384 g/mol. The van der Waals surface area contributed by atoms with Crippen molar-refractivity contribution in [3.8, 4) is 11.1 Å². The molecule has 1 amide bonds. The summed E-state index contributed by atoms with van der Waals surface area (Å²) >= 11 is 0.868. The van der Waals surface area contributed by atoms with Crippen LogP contribution < -0.4 is 5.32 Å². The summed E-state index contributed by atoms with van der Waals surface area (Å²) in [6.45, 7) is 0. The molecule has 0 spiro atoms. The maximum Gasteiger partial charge on any atom is 0.257 e. The smallest absolute Gasteiger partial charge is 0.257 e. The fourth-order valence-electron chi connectivity index (χ4n) is 2.64. The Morgan fingerprint density at radius 3 is 2.26 bits per heavy atom. The van der Waals surface area contributed by atoms with Crippen LogP contribution in [0.5, 0.6) is 0 Å². The lowest BCUT2D eigenvalue weighted by Gasteiger charge is -2.04. The Morgan fingerprint density at radius 1 is 0.889 bits per heavy atom. The van der Waals surface area contributed by atoms with Crippen LogP contribution in [0.3, 0.4) is 0 Å². The first-order chi connectivity index (χ1) is 13.0. The minimum atomic E-state index is -1.58. The van der Waals surface area contributed by atoms with Gasteiger partial charge in [-0.05, 0) is 29.3 Å². The number of amides is 1. The summed E-state index contributed by atoms with van der Waals surface area (Å²) < 4.78 is 40.5. The molecule has 0 aliphatic carbocycles. The van der Waals surface area contributed by atoms with Crippen molar-refractivity contribution in [2.75, 3.05) is 5.32 Å². The Balaban J connectivity index is 1.57. The average Bonchev–Trinajstić information content (AvgIpc) is 3.09. The van der Waals surface area contributed by atoms with Gasteiger partial charge in [0.1, 0.15) is 5.52 Å². The van der Waals surface area contributed by atoms with Gasteiger partial charge in [0, 0.05) is 5.56 Å². The first kappa shape index (κ1) is 17.2. The van der Waals surface area contributed by atoms with Gasteiger partial charge in [0.25, 0.3) is 5.91 Å². The Bertz CT molecular complexity index is 1140. The van der Waals surface area contributed by atoms with Gasteiger partial charge in [-0.2, -0.15) is 0 Å².